The largest absolute Gasteiger partial charge is 0.443 e. The summed E-state index contributed by atoms with van der Waals surface area (Å²) in [5.41, 5.74) is 1.49. The lowest BCUT2D eigenvalue weighted by atomic mass is 9.99. The van der Waals surface area contributed by atoms with Crippen molar-refractivity contribution in [2.24, 2.45) is 0 Å². The Balaban J connectivity index is 2.10. The van der Waals surface area contributed by atoms with E-state index in [-0.39, 0.29) is 6.09 Å². The summed E-state index contributed by atoms with van der Waals surface area (Å²) >= 11 is 0. The fourth-order valence-electron chi connectivity index (χ4n) is 3.16. The van der Waals surface area contributed by atoms with E-state index in [4.69, 9.17) is 4.74 Å². The van der Waals surface area contributed by atoms with Gasteiger partial charge in [-0.2, -0.15) is 0 Å². The Morgan fingerprint density at radius 3 is 2.24 bits per heavy atom. The van der Waals surface area contributed by atoms with E-state index in [9.17, 15) is 4.79 Å². The lowest BCUT2D eigenvalue weighted by Crippen LogP contribution is -2.37. The number of fused-ring (bicyclic) bond motifs is 2. The first kappa shape index (κ1) is 17.3. The molecule has 0 spiro atoms. The van der Waals surface area contributed by atoms with Crippen molar-refractivity contribution < 1.29 is 9.53 Å². The quantitative estimate of drug-likeness (QED) is 0.532. The van der Waals surface area contributed by atoms with E-state index in [0.29, 0.717) is 6.54 Å². The number of hydrogen-bond acceptors (Lipinski definition) is 2. The van der Waals surface area contributed by atoms with Crippen molar-refractivity contribution in [2.45, 2.75) is 40.2 Å². The number of hydrogen-bond donors (Lipinski definition) is 0. The highest BCUT2D eigenvalue weighted by Crippen LogP contribution is 2.32. The summed E-state index contributed by atoms with van der Waals surface area (Å²) in [6.07, 6.45) is -0.307. The third-order valence-corrected chi connectivity index (χ3v) is 4.35. The van der Waals surface area contributed by atoms with Crippen LogP contribution in [0.5, 0.6) is 0 Å². The van der Waals surface area contributed by atoms with Crippen molar-refractivity contribution in [3.63, 3.8) is 0 Å². The minimum Gasteiger partial charge on any atom is -0.443 e. The molecule has 0 heterocycles. The molecular weight excluding hydrogens is 310 g/mol. The molecule has 0 aliphatic rings. The van der Waals surface area contributed by atoms with Crippen molar-refractivity contribution in [3.05, 3.63) is 54.1 Å². The zero-order valence-electron chi connectivity index (χ0n) is 15.6. The van der Waals surface area contributed by atoms with Gasteiger partial charge in [-0.1, -0.05) is 30.3 Å². The Morgan fingerprint density at radius 2 is 1.64 bits per heavy atom. The van der Waals surface area contributed by atoms with E-state index in [1.807, 2.05) is 39.8 Å². The van der Waals surface area contributed by atoms with E-state index in [2.05, 4.69) is 43.3 Å². The van der Waals surface area contributed by atoms with Crippen molar-refractivity contribution in [1.82, 2.24) is 0 Å². The van der Waals surface area contributed by atoms with Crippen LogP contribution in [-0.2, 0) is 4.74 Å². The predicted octanol–water partition coefficient (Wildman–Crippen LogP) is 6.06. The van der Waals surface area contributed by atoms with E-state index in [1.54, 1.807) is 4.90 Å². The highest BCUT2D eigenvalue weighted by atomic mass is 16.6. The Labute approximate surface area is 149 Å². The molecule has 0 bridgehead atoms. The van der Waals surface area contributed by atoms with Gasteiger partial charge in [0.2, 0.25) is 0 Å². The van der Waals surface area contributed by atoms with Gasteiger partial charge in [0.25, 0.3) is 0 Å². The monoisotopic (exact) mass is 335 g/mol. The second-order valence-corrected chi connectivity index (χ2v) is 7.35. The molecule has 0 aliphatic heterocycles. The summed E-state index contributed by atoms with van der Waals surface area (Å²) in [5, 5.41) is 4.77. The third-order valence-electron chi connectivity index (χ3n) is 4.35. The molecule has 0 aliphatic carbocycles. The smallest absolute Gasteiger partial charge is 0.414 e. The van der Waals surface area contributed by atoms with E-state index in [1.165, 1.54) is 21.5 Å². The Hall–Kier alpha value is -2.55. The molecule has 0 radical (unpaired) electrons. The van der Waals surface area contributed by atoms with Crippen LogP contribution in [0.25, 0.3) is 21.5 Å². The van der Waals surface area contributed by atoms with Gasteiger partial charge in [0.1, 0.15) is 5.60 Å². The van der Waals surface area contributed by atoms with Crippen LogP contribution in [-0.4, -0.2) is 18.2 Å². The number of aryl methyl sites for hydroxylation is 1. The number of rotatable bonds is 2. The minimum absolute atomic E-state index is 0.307. The van der Waals surface area contributed by atoms with Gasteiger partial charge in [-0.15, -0.1) is 0 Å². The van der Waals surface area contributed by atoms with Crippen LogP contribution >= 0.6 is 0 Å². The average Bonchev–Trinajstić information content (AvgIpc) is 2.54. The van der Waals surface area contributed by atoms with Crippen LogP contribution in [0.3, 0.4) is 0 Å². The number of ether oxygens (including phenoxy) is 1. The molecule has 0 saturated carbocycles. The molecule has 0 unspecified atom stereocenters. The van der Waals surface area contributed by atoms with Crippen LogP contribution in [0.15, 0.2) is 48.5 Å². The number of carbonyl (C=O) groups excluding carboxylic acids is 1. The summed E-state index contributed by atoms with van der Waals surface area (Å²) in [4.78, 5) is 14.3. The van der Waals surface area contributed by atoms with Gasteiger partial charge in [-0.05, 0) is 79.9 Å². The molecule has 0 N–H and O–H groups in total. The zero-order chi connectivity index (χ0) is 18.2. The molecule has 3 nitrogen and oxygen atoms in total. The van der Waals surface area contributed by atoms with Gasteiger partial charge in [0.05, 0.1) is 5.69 Å². The van der Waals surface area contributed by atoms with Gasteiger partial charge in [0.15, 0.2) is 0 Å². The molecule has 3 aromatic carbocycles. The summed E-state index contributed by atoms with van der Waals surface area (Å²) in [6.45, 7) is 10.3. The SMILES string of the molecule is CCN(C(=O)OC(C)(C)C)c1ccc2cc3ccccc3cc2c1C. The average molecular weight is 335 g/mol. The predicted molar refractivity (Wildman–Crippen MR) is 105 cm³/mol. The van der Waals surface area contributed by atoms with Gasteiger partial charge in [-0.3, -0.25) is 4.90 Å². The van der Waals surface area contributed by atoms with E-state index >= 15 is 0 Å². The van der Waals surface area contributed by atoms with Crippen LogP contribution < -0.4 is 4.90 Å². The third kappa shape index (κ3) is 3.46. The summed E-state index contributed by atoms with van der Waals surface area (Å²) < 4.78 is 5.57. The van der Waals surface area contributed by atoms with Crippen LogP contribution in [0.2, 0.25) is 0 Å². The first-order chi connectivity index (χ1) is 11.8. The topological polar surface area (TPSA) is 29.5 Å². The van der Waals surface area contributed by atoms with Crippen molar-refractivity contribution in [1.29, 1.82) is 0 Å². The molecule has 1 amide bonds. The maximum Gasteiger partial charge on any atom is 0.414 e. The summed E-state index contributed by atoms with van der Waals surface area (Å²) in [7, 11) is 0. The Bertz CT molecular complexity index is 938. The van der Waals surface area contributed by atoms with Crippen molar-refractivity contribution in [2.75, 3.05) is 11.4 Å². The van der Waals surface area contributed by atoms with Crippen molar-refractivity contribution >= 4 is 33.3 Å². The Morgan fingerprint density at radius 1 is 1.00 bits per heavy atom. The first-order valence-corrected chi connectivity index (χ1v) is 8.73. The number of carbonyl (C=O) groups is 1. The van der Waals surface area contributed by atoms with Crippen LogP contribution in [0, 0.1) is 6.92 Å². The number of benzene rings is 3. The second kappa shape index (κ2) is 6.40. The molecule has 130 valence electrons. The van der Waals surface area contributed by atoms with E-state index < -0.39 is 5.60 Å². The normalized spacial score (nSPS) is 11.7. The van der Waals surface area contributed by atoms with Crippen molar-refractivity contribution in [3.8, 4) is 0 Å². The lowest BCUT2D eigenvalue weighted by Gasteiger charge is -2.28. The highest BCUT2D eigenvalue weighted by molar-refractivity contribution is 6.03. The van der Waals surface area contributed by atoms with Gasteiger partial charge >= 0.3 is 6.09 Å². The minimum atomic E-state index is -0.508. The van der Waals surface area contributed by atoms with Gasteiger partial charge in [0, 0.05) is 6.54 Å². The lowest BCUT2D eigenvalue weighted by molar-refractivity contribution is 0.0582. The van der Waals surface area contributed by atoms with Crippen LogP contribution in [0.1, 0.15) is 33.3 Å². The molecule has 0 saturated heterocycles. The molecule has 0 fully saturated rings. The highest BCUT2D eigenvalue weighted by Gasteiger charge is 2.23. The zero-order valence-corrected chi connectivity index (χ0v) is 15.6. The molecule has 25 heavy (non-hydrogen) atoms. The molecule has 0 aromatic heterocycles. The Kier molecular flexibility index (Phi) is 4.42. The molecule has 0 atom stereocenters. The van der Waals surface area contributed by atoms with E-state index in [0.717, 1.165) is 11.3 Å². The molecular formula is C22H25NO2. The molecule has 3 heteroatoms. The summed E-state index contributed by atoms with van der Waals surface area (Å²) in [5.74, 6) is 0. The van der Waals surface area contributed by atoms with Crippen LogP contribution in [0.4, 0.5) is 10.5 Å². The van der Waals surface area contributed by atoms with Gasteiger partial charge < -0.3 is 4.74 Å². The fraction of sp³-hybridized carbons (Fsp3) is 0.318. The second-order valence-electron chi connectivity index (χ2n) is 7.35. The maximum absolute atomic E-state index is 12.6. The van der Waals surface area contributed by atoms with Gasteiger partial charge in [-0.25, -0.2) is 4.79 Å². The fourth-order valence-corrected chi connectivity index (χ4v) is 3.16. The maximum atomic E-state index is 12.6. The number of amides is 1. The molecule has 3 aromatic rings. The molecule has 3 rings (SSSR count). The standard InChI is InChI=1S/C22H25NO2/c1-6-23(21(24)25-22(3,4)5)20-12-11-18-13-16-9-7-8-10-17(16)14-19(18)15(20)2/h7-14H,6H2,1-5H3. The number of anilines is 1. The summed E-state index contributed by atoms with van der Waals surface area (Å²) in [6, 6.07) is 16.8. The first-order valence-electron chi connectivity index (χ1n) is 8.73. The number of nitrogens with zero attached hydrogens (tertiary/aromatic N) is 1.